The van der Waals surface area contributed by atoms with E-state index in [0.29, 0.717) is 11.5 Å². The van der Waals surface area contributed by atoms with Crippen molar-refractivity contribution in [2.24, 2.45) is 0 Å². The first-order chi connectivity index (χ1) is 16.6. The standard InChI is InChI=1S/C34H47O2P/c1-31(2,3)23-16-20(17-24(29(23)35)32(4,5)6)22-14-13-15-27(37)28(22)21-18-25(33(7,8)9)30(36)26(19-21)34(10,11)12/h13-19,35-36H,37H2,1-12H3. The molecule has 0 aromatic heterocycles. The van der Waals surface area contributed by atoms with Gasteiger partial charge in [-0.15, -0.1) is 9.24 Å². The molecule has 0 bridgehead atoms. The van der Waals surface area contributed by atoms with Crippen LogP contribution in [0.4, 0.5) is 0 Å². The molecule has 1 atom stereocenters. The molecule has 0 aliphatic heterocycles. The van der Waals surface area contributed by atoms with Crippen LogP contribution < -0.4 is 5.30 Å². The Labute approximate surface area is 227 Å². The zero-order chi connectivity index (χ0) is 28.3. The maximum Gasteiger partial charge on any atom is 0.123 e. The van der Waals surface area contributed by atoms with Gasteiger partial charge in [0, 0.05) is 22.3 Å². The SMILES string of the molecule is CC(C)(C)c1cc(-c2cccc(P)c2-c2cc(C(C)(C)C)c(O)c(C(C)(C)C)c2)cc(C(C)(C)C)c1O. The number of phenols is 2. The summed E-state index contributed by atoms with van der Waals surface area (Å²) in [5.74, 6) is 0.781. The first-order valence-electron chi connectivity index (χ1n) is 13.3. The highest BCUT2D eigenvalue weighted by molar-refractivity contribution is 7.28. The zero-order valence-corrected chi connectivity index (χ0v) is 26.2. The summed E-state index contributed by atoms with van der Waals surface area (Å²) in [6.07, 6.45) is 0. The van der Waals surface area contributed by atoms with E-state index >= 15 is 0 Å². The molecule has 3 aromatic carbocycles. The number of hydrogen-bond donors (Lipinski definition) is 2. The van der Waals surface area contributed by atoms with Crippen LogP contribution in [0.3, 0.4) is 0 Å². The van der Waals surface area contributed by atoms with Gasteiger partial charge in [0.2, 0.25) is 0 Å². The van der Waals surface area contributed by atoms with Crippen LogP contribution in [-0.2, 0) is 21.7 Å². The second kappa shape index (κ2) is 9.46. The number of phenolic OH excluding ortho intramolecular Hbond substituents is 2. The molecule has 0 radical (unpaired) electrons. The molecule has 0 aliphatic rings. The molecule has 37 heavy (non-hydrogen) atoms. The minimum absolute atomic E-state index is 0.212. The third-order valence-corrected chi connectivity index (χ3v) is 7.63. The molecule has 2 N–H and O–H groups in total. The average Bonchev–Trinajstić information content (AvgIpc) is 2.70. The monoisotopic (exact) mass is 518 g/mol. The van der Waals surface area contributed by atoms with Gasteiger partial charge in [0.15, 0.2) is 0 Å². The predicted octanol–water partition coefficient (Wildman–Crippen LogP) is 9.12. The summed E-state index contributed by atoms with van der Waals surface area (Å²) in [5, 5.41) is 23.8. The molecule has 200 valence electrons. The van der Waals surface area contributed by atoms with Gasteiger partial charge in [-0.2, -0.15) is 0 Å². The van der Waals surface area contributed by atoms with E-state index in [1.807, 2.05) is 0 Å². The lowest BCUT2D eigenvalue weighted by Crippen LogP contribution is -2.18. The molecule has 3 rings (SSSR count). The van der Waals surface area contributed by atoms with Crippen LogP contribution in [0, 0.1) is 0 Å². The molecule has 0 aliphatic carbocycles. The summed E-state index contributed by atoms with van der Waals surface area (Å²) in [6, 6.07) is 15.0. The molecular formula is C34H47O2P. The van der Waals surface area contributed by atoms with Crippen molar-refractivity contribution < 1.29 is 10.2 Å². The Morgan fingerprint density at radius 2 is 0.838 bits per heavy atom. The van der Waals surface area contributed by atoms with Crippen molar-refractivity contribution in [2.75, 3.05) is 0 Å². The third kappa shape index (κ3) is 5.91. The largest absolute Gasteiger partial charge is 0.507 e. The van der Waals surface area contributed by atoms with Crippen LogP contribution in [0.2, 0.25) is 0 Å². The normalized spacial score (nSPS) is 13.2. The van der Waals surface area contributed by atoms with E-state index < -0.39 is 0 Å². The zero-order valence-electron chi connectivity index (χ0n) is 25.0. The Hall–Kier alpha value is -2.31. The molecule has 0 amide bonds. The molecule has 0 fully saturated rings. The van der Waals surface area contributed by atoms with Gasteiger partial charge < -0.3 is 10.2 Å². The van der Waals surface area contributed by atoms with Gasteiger partial charge >= 0.3 is 0 Å². The Morgan fingerprint density at radius 3 is 1.16 bits per heavy atom. The predicted molar refractivity (Wildman–Crippen MR) is 165 cm³/mol. The Morgan fingerprint density at radius 1 is 0.514 bits per heavy atom. The second-order valence-electron chi connectivity index (χ2n) is 14.6. The fourth-order valence-electron chi connectivity index (χ4n) is 4.99. The Balaban J connectivity index is 2.47. The molecule has 0 spiro atoms. The van der Waals surface area contributed by atoms with Gasteiger partial charge in [0.25, 0.3) is 0 Å². The minimum Gasteiger partial charge on any atom is -0.507 e. The number of aromatic hydroxyl groups is 2. The average molecular weight is 519 g/mol. The lowest BCUT2D eigenvalue weighted by molar-refractivity contribution is 0.422. The molecule has 1 unspecified atom stereocenters. The summed E-state index contributed by atoms with van der Waals surface area (Å²) in [5.41, 5.74) is 7.38. The van der Waals surface area contributed by atoms with Gasteiger partial charge in [-0.3, -0.25) is 0 Å². The van der Waals surface area contributed by atoms with Crippen molar-refractivity contribution in [3.8, 4) is 33.8 Å². The highest BCUT2D eigenvalue weighted by atomic mass is 31.0. The van der Waals surface area contributed by atoms with Crippen molar-refractivity contribution in [3.63, 3.8) is 0 Å². The van der Waals surface area contributed by atoms with Gasteiger partial charge in [0.05, 0.1) is 0 Å². The highest BCUT2D eigenvalue weighted by Gasteiger charge is 2.30. The molecule has 2 nitrogen and oxygen atoms in total. The molecule has 0 saturated carbocycles. The lowest BCUT2D eigenvalue weighted by Gasteiger charge is -2.30. The highest BCUT2D eigenvalue weighted by Crippen LogP contribution is 2.46. The van der Waals surface area contributed by atoms with E-state index in [-0.39, 0.29) is 21.7 Å². The topological polar surface area (TPSA) is 40.5 Å². The van der Waals surface area contributed by atoms with Crippen LogP contribution in [-0.4, -0.2) is 10.2 Å². The summed E-state index contributed by atoms with van der Waals surface area (Å²) in [7, 11) is 2.92. The lowest BCUT2D eigenvalue weighted by atomic mass is 9.76. The minimum atomic E-state index is -0.215. The molecule has 0 saturated heterocycles. The Bertz CT molecular complexity index is 1250. The van der Waals surface area contributed by atoms with E-state index in [4.69, 9.17) is 0 Å². The third-order valence-electron chi connectivity index (χ3n) is 7.15. The smallest absolute Gasteiger partial charge is 0.123 e. The van der Waals surface area contributed by atoms with Crippen molar-refractivity contribution in [2.45, 2.75) is 105 Å². The first kappa shape index (κ1) is 29.2. The van der Waals surface area contributed by atoms with Gasteiger partial charge in [-0.1, -0.05) is 101 Å². The summed E-state index contributed by atoms with van der Waals surface area (Å²) >= 11 is 0. The van der Waals surface area contributed by atoms with Crippen molar-refractivity contribution >= 4 is 14.5 Å². The second-order valence-corrected chi connectivity index (χ2v) is 15.2. The summed E-state index contributed by atoms with van der Waals surface area (Å²) in [6.45, 7) is 25.8. The van der Waals surface area contributed by atoms with E-state index in [9.17, 15) is 10.2 Å². The van der Waals surface area contributed by atoms with Crippen LogP contribution in [0.15, 0.2) is 42.5 Å². The van der Waals surface area contributed by atoms with Gasteiger partial charge in [-0.05, 0) is 73.5 Å². The number of hydrogen-bond acceptors (Lipinski definition) is 2. The fourth-order valence-corrected chi connectivity index (χ4v) is 5.42. The first-order valence-corrected chi connectivity index (χ1v) is 13.9. The van der Waals surface area contributed by atoms with E-state index in [1.54, 1.807) is 0 Å². The van der Waals surface area contributed by atoms with E-state index in [0.717, 1.165) is 49.8 Å². The maximum atomic E-state index is 11.3. The number of rotatable bonds is 2. The molecule has 0 heterocycles. The Kier molecular flexibility index (Phi) is 7.48. The molecule has 3 heteroatoms. The van der Waals surface area contributed by atoms with Gasteiger partial charge in [0.1, 0.15) is 11.5 Å². The molecule has 3 aromatic rings. The number of benzene rings is 3. The van der Waals surface area contributed by atoms with Crippen LogP contribution >= 0.6 is 9.24 Å². The van der Waals surface area contributed by atoms with Crippen LogP contribution in [0.5, 0.6) is 11.5 Å². The van der Waals surface area contributed by atoms with Crippen molar-refractivity contribution in [3.05, 3.63) is 64.7 Å². The fraction of sp³-hybridized carbons (Fsp3) is 0.471. The summed E-state index contributed by atoms with van der Waals surface area (Å²) in [4.78, 5) is 0. The summed E-state index contributed by atoms with van der Waals surface area (Å²) < 4.78 is 0. The van der Waals surface area contributed by atoms with Crippen LogP contribution in [0.25, 0.3) is 22.3 Å². The van der Waals surface area contributed by atoms with Gasteiger partial charge in [-0.25, -0.2) is 0 Å². The van der Waals surface area contributed by atoms with Crippen LogP contribution in [0.1, 0.15) is 105 Å². The van der Waals surface area contributed by atoms with E-state index in [1.165, 1.54) is 0 Å². The maximum absolute atomic E-state index is 11.3. The van der Waals surface area contributed by atoms with E-state index in [2.05, 4.69) is 135 Å². The van der Waals surface area contributed by atoms with Crippen molar-refractivity contribution in [1.82, 2.24) is 0 Å². The van der Waals surface area contributed by atoms with Crippen molar-refractivity contribution in [1.29, 1.82) is 0 Å². The molecular weight excluding hydrogens is 471 g/mol. The quantitative estimate of drug-likeness (QED) is 0.332.